The summed E-state index contributed by atoms with van der Waals surface area (Å²) in [7, 11) is 0. The summed E-state index contributed by atoms with van der Waals surface area (Å²) in [5.74, 6) is -2.28. The monoisotopic (exact) mass is 694 g/mol. The molecule has 3 atom stereocenters. The number of carbonyl (C=O) groups is 4. The van der Waals surface area contributed by atoms with Crippen LogP contribution in [0.25, 0.3) is 0 Å². The topological polar surface area (TPSA) is 112 Å². The molecule has 1 aliphatic rings. The number of hydrogen-bond acceptors (Lipinski definition) is 9. The van der Waals surface area contributed by atoms with Crippen molar-refractivity contribution < 1.29 is 33.4 Å². The van der Waals surface area contributed by atoms with Gasteiger partial charge in [0.1, 0.15) is 36.0 Å². The molecule has 0 bridgehead atoms. The third kappa shape index (κ3) is 7.31. The van der Waals surface area contributed by atoms with E-state index in [4.69, 9.17) is 14.2 Å². The molecular weight excluding hydrogens is 659 g/mol. The number of pyridine rings is 1. The maximum Gasteiger partial charge on any atom is 0.508 e. The van der Waals surface area contributed by atoms with Gasteiger partial charge in [-0.2, -0.15) is 0 Å². The van der Waals surface area contributed by atoms with Crippen molar-refractivity contribution in [1.82, 2.24) is 9.88 Å². The van der Waals surface area contributed by atoms with Gasteiger partial charge in [0.2, 0.25) is 11.0 Å². The van der Waals surface area contributed by atoms with E-state index in [-0.39, 0.29) is 23.7 Å². The lowest BCUT2D eigenvalue weighted by Gasteiger charge is -2.50. The molecule has 0 saturated carbocycles. The molecule has 4 aromatic rings. The number of benzene rings is 3. The fourth-order valence-corrected chi connectivity index (χ4v) is 11.4. The molecule has 0 N–H and O–H groups in total. The van der Waals surface area contributed by atoms with E-state index in [1.165, 1.54) is 23.2 Å². The summed E-state index contributed by atoms with van der Waals surface area (Å²) in [6, 6.07) is 31.8. The van der Waals surface area contributed by atoms with E-state index >= 15 is 0 Å². The Hall–Kier alpha value is -5.18. The van der Waals surface area contributed by atoms with E-state index in [2.05, 4.69) is 18.1 Å². The molecule has 250 valence electrons. The molecule has 49 heavy (non-hydrogen) atoms. The molecule has 0 aliphatic carbocycles. The van der Waals surface area contributed by atoms with Gasteiger partial charge < -0.3 is 14.2 Å². The van der Waals surface area contributed by atoms with Crippen LogP contribution in [0.4, 0.5) is 4.79 Å². The zero-order chi connectivity index (χ0) is 34.8. The number of hydrogen-bond donors (Lipinski definition) is 0. The molecule has 1 amide bonds. The summed E-state index contributed by atoms with van der Waals surface area (Å²) in [5.41, 5.74) is 0.382. The Kier molecular flexibility index (Phi) is 11.7. The maximum absolute atomic E-state index is 14.6. The van der Waals surface area contributed by atoms with Gasteiger partial charge in [0.15, 0.2) is 0 Å². The molecule has 1 fully saturated rings. The smallest absolute Gasteiger partial charge is 0.457 e. The first-order chi connectivity index (χ1) is 23.8. The third-order valence-corrected chi connectivity index (χ3v) is 13.3. The minimum Gasteiger partial charge on any atom is -0.457 e. The highest BCUT2D eigenvalue weighted by Gasteiger charge is 2.57. The quantitative estimate of drug-likeness (QED) is 0.0795. The fourth-order valence-electron chi connectivity index (χ4n) is 5.68. The van der Waals surface area contributed by atoms with Crippen molar-refractivity contribution in [2.75, 3.05) is 13.2 Å². The van der Waals surface area contributed by atoms with Crippen molar-refractivity contribution in [2.45, 2.75) is 18.4 Å². The van der Waals surface area contributed by atoms with Crippen LogP contribution in [0.5, 0.6) is 0 Å². The maximum atomic E-state index is 14.6. The van der Waals surface area contributed by atoms with Crippen LogP contribution in [0, 0.1) is 5.92 Å². The lowest BCUT2D eigenvalue weighted by molar-refractivity contribution is -0.152. The van der Waals surface area contributed by atoms with Crippen molar-refractivity contribution in [2.24, 2.45) is 5.92 Å². The number of rotatable bonds is 13. The molecule has 0 spiro atoms. The van der Waals surface area contributed by atoms with Gasteiger partial charge in [-0.05, 0) is 35.0 Å². The molecule has 0 radical (unpaired) electrons. The minimum atomic E-state index is -3.24. The molecule has 1 saturated heterocycles. The average molecular weight is 695 g/mol. The molecule has 3 aromatic carbocycles. The molecule has 9 nitrogen and oxygen atoms in total. The van der Waals surface area contributed by atoms with Crippen molar-refractivity contribution in [3.05, 3.63) is 146 Å². The van der Waals surface area contributed by atoms with Gasteiger partial charge in [0, 0.05) is 24.8 Å². The number of nitrogens with zero attached hydrogens (tertiary/aromatic N) is 2. The van der Waals surface area contributed by atoms with Crippen molar-refractivity contribution in [3.63, 3.8) is 0 Å². The summed E-state index contributed by atoms with van der Waals surface area (Å²) in [4.78, 5) is 60.9. The molecule has 0 unspecified atom stereocenters. The van der Waals surface area contributed by atoms with E-state index in [1.54, 1.807) is 25.3 Å². The van der Waals surface area contributed by atoms with Gasteiger partial charge in [-0.15, -0.1) is 0 Å². The fraction of sp³-hybridized carbons (Fsp3) is 0.158. The first-order valence-corrected chi connectivity index (χ1v) is 18.1. The van der Waals surface area contributed by atoms with Crippen LogP contribution in [-0.4, -0.2) is 63.1 Å². The lowest BCUT2D eigenvalue weighted by Crippen LogP contribution is -2.67. The van der Waals surface area contributed by atoms with Crippen LogP contribution < -0.4 is 15.9 Å². The van der Waals surface area contributed by atoms with Gasteiger partial charge in [-0.3, -0.25) is 19.5 Å². The predicted molar refractivity (Wildman–Crippen MR) is 194 cm³/mol. The number of β-lactam (4-membered cyclic amide) rings is 1. The summed E-state index contributed by atoms with van der Waals surface area (Å²) in [6.07, 6.45) is 3.81. The summed E-state index contributed by atoms with van der Waals surface area (Å²) in [6.45, 7) is 5.37. The standard InChI is InChI=1S/C38H35N2O7PS/c1-4-24-45-36(42)34(48(29-17-9-6-10-18-29,30-19-11-7-12-20-30)31-21-13-8-14-22-31)40-33(41)32(27(3)47-38(44)46-25-5-2)35(40)49-37(43)28-16-15-23-39-26-28/h4-23,26-27,32,35H,1-2,24-25H2,3H3/t27-,32+,35-/m1/s1. The number of likely N-dealkylation sites (tertiary alicyclic amines) is 1. The van der Waals surface area contributed by atoms with Gasteiger partial charge in [0.05, 0.1) is 0 Å². The van der Waals surface area contributed by atoms with E-state index < -0.39 is 42.3 Å². The van der Waals surface area contributed by atoms with E-state index in [9.17, 15) is 19.2 Å². The van der Waals surface area contributed by atoms with Gasteiger partial charge in [0.25, 0.3) is 0 Å². The Labute approximate surface area is 289 Å². The van der Waals surface area contributed by atoms with Crippen LogP contribution in [0.15, 0.2) is 141 Å². The van der Waals surface area contributed by atoms with Crippen molar-refractivity contribution in [1.29, 1.82) is 0 Å². The molecule has 1 aliphatic heterocycles. The summed E-state index contributed by atoms with van der Waals surface area (Å²) >= 11 is 0.851. The van der Waals surface area contributed by atoms with E-state index in [0.717, 1.165) is 27.7 Å². The highest BCUT2D eigenvalue weighted by atomic mass is 32.2. The second-order valence-electron chi connectivity index (χ2n) is 10.8. The first-order valence-electron chi connectivity index (χ1n) is 15.4. The SMILES string of the molecule is C=CCOC(=O)O[C@H](C)[C@H]1C(=O)N(C(C(=O)OCC=C)=P(c2ccccc2)(c2ccccc2)c2ccccc2)[C@@H]1SC(=O)c1cccnc1. The molecule has 1 aromatic heterocycles. The van der Waals surface area contributed by atoms with Crippen LogP contribution in [0.2, 0.25) is 0 Å². The van der Waals surface area contributed by atoms with Gasteiger partial charge in [-0.1, -0.05) is 128 Å². The molecule has 2 heterocycles. The number of thioether (sulfide) groups is 1. The Morgan fingerprint density at radius 1 is 0.837 bits per heavy atom. The highest BCUT2D eigenvalue weighted by molar-refractivity contribution is 8.14. The van der Waals surface area contributed by atoms with E-state index in [0.29, 0.717) is 5.56 Å². The third-order valence-electron chi connectivity index (χ3n) is 7.81. The molecular formula is C38H35N2O7PS. The summed E-state index contributed by atoms with van der Waals surface area (Å²) < 4.78 is 16.3. The summed E-state index contributed by atoms with van der Waals surface area (Å²) in [5, 5.41) is 0.990. The van der Waals surface area contributed by atoms with Gasteiger partial charge >= 0.3 is 12.1 Å². The Morgan fingerprint density at radius 2 is 1.37 bits per heavy atom. The van der Waals surface area contributed by atoms with Crippen LogP contribution in [-0.2, 0) is 23.8 Å². The van der Waals surface area contributed by atoms with Crippen molar-refractivity contribution in [3.8, 4) is 0 Å². The Morgan fingerprint density at radius 3 is 1.86 bits per heavy atom. The van der Waals surface area contributed by atoms with Crippen LogP contribution in [0.1, 0.15) is 17.3 Å². The second-order valence-corrected chi connectivity index (χ2v) is 15.2. The zero-order valence-corrected chi connectivity index (χ0v) is 28.5. The molecule has 11 heteroatoms. The Bertz CT molecular complexity index is 1770. The second kappa shape index (κ2) is 16.3. The number of aromatic nitrogens is 1. The molecule has 5 rings (SSSR count). The first kappa shape index (κ1) is 35.1. The van der Waals surface area contributed by atoms with E-state index in [1.807, 2.05) is 91.0 Å². The highest BCUT2D eigenvalue weighted by Crippen LogP contribution is 2.51. The predicted octanol–water partition coefficient (Wildman–Crippen LogP) is 5.32. The van der Waals surface area contributed by atoms with Crippen molar-refractivity contribution >= 4 is 63.1 Å². The Balaban J connectivity index is 1.81. The number of ether oxygens (including phenoxy) is 3. The average Bonchev–Trinajstić information content (AvgIpc) is 3.14. The minimum absolute atomic E-state index is 0.0807. The van der Waals surface area contributed by atoms with Crippen LogP contribution in [0.3, 0.4) is 0 Å². The normalized spacial score (nSPS) is 16.0. The zero-order valence-electron chi connectivity index (χ0n) is 26.8. The van der Waals surface area contributed by atoms with Gasteiger partial charge in [-0.25, -0.2) is 9.59 Å². The lowest BCUT2D eigenvalue weighted by atomic mass is 9.92. The largest absolute Gasteiger partial charge is 0.508 e. The van der Waals surface area contributed by atoms with Crippen LogP contribution >= 0.6 is 18.6 Å². The number of carbonyl (C=O) groups excluding carboxylic acids is 4. The number of amides is 1. The number of esters is 1.